The molecule has 0 spiro atoms. The van der Waals surface area contributed by atoms with E-state index in [4.69, 9.17) is 10.5 Å². The Morgan fingerprint density at radius 3 is 2.37 bits per heavy atom. The van der Waals surface area contributed by atoms with Crippen LogP contribution in [-0.4, -0.2) is 18.3 Å². The highest BCUT2D eigenvalue weighted by molar-refractivity contribution is 5.37. The predicted molar refractivity (Wildman–Crippen MR) is 67.2 cm³/mol. The fraction of sp³-hybridized carbons (Fsp3) is 0.571. The molecule has 0 bridgehead atoms. The van der Waals surface area contributed by atoms with E-state index in [1.807, 2.05) is 6.07 Å². The van der Waals surface area contributed by atoms with Gasteiger partial charge in [0.05, 0.1) is 0 Å². The fourth-order valence-corrected chi connectivity index (χ4v) is 2.40. The van der Waals surface area contributed by atoms with Crippen LogP contribution >= 0.6 is 0 Å². The molecule has 2 atom stereocenters. The first-order valence-electron chi connectivity index (χ1n) is 6.48. The van der Waals surface area contributed by atoms with Gasteiger partial charge in [-0.25, -0.2) is 0 Å². The Morgan fingerprint density at radius 2 is 1.79 bits per heavy atom. The summed E-state index contributed by atoms with van der Waals surface area (Å²) in [6.07, 6.45) is -2.31. The summed E-state index contributed by atoms with van der Waals surface area (Å²) < 4.78 is 43.4. The zero-order valence-corrected chi connectivity index (χ0v) is 10.8. The number of hydrogen-bond acceptors (Lipinski definition) is 2. The molecule has 2 unspecified atom stereocenters. The molecule has 2 N–H and O–H groups in total. The van der Waals surface area contributed by atoms with Crippen LogP contribution in [0.25, 0.3) is 0 Å². The highest BCUT2D eigenvalue weighted by atomic mass is 19.4. The summed E-state index contributed by atoms with van der Waals surface area (Å²) >= 11 is 0. The van der Waals surface area contributed by atoms with E-state index in [1.165, 1.54) is 12.5 Å². The van der Waals surface area contributed by atoms with Crippen molar-refractivity contribution in [2.75, 3.05) is 0 Å². The normalized spacial score (nSPS) is 18.6. The van der Waals surface area contributed by atoms with E-state index in [2.05, 4.69) is 0 Å². The van der Waals surface area contributed by atoms with Crippen LogP contribution in [0.15, 0.2) is 18.2 Å². The molecule has 0 radical (unpaired) electrons. The molecule has 0 amide bonds. The average molecular weight is 273 g/mol. The maximum absolute atomic E-state index is 12.8. The molecule has 1 aromatic rings. The minimum atomic E-state index is -4.45. The smallest absolute Gasteiger partial charge is 0.426 e. The minimum absolute atomic E-state index is 0.250. The first kappa shape index (κ1) is 14.2. The van der Waals surface area contributed by atoms with Crippen LogP contribution < -0.4 is 10.5 Å². The molecule has 0 fully saturated rings. The second-order valence-corrected chi connectivity index (χ2v) is 5.08. The molecule has 0 aromatic heterocycles. The number of rotatable bonds is 3. The molecule has 1 aliphatic carbocycles. The van der Waals surface area contributed by atoms with Crippen LogP contribution in [0, 0.1) is 0 Å². The van der Waals surface area contributed by atoms with Gasteiger partial charge < -0.3 is 10.5 Å². The Hall–Kier alpha value is -1.23. The van der Waals surface area contributed by atoms with Gasteiger partial charge in [0.25, 0.3) is 0 Å². The van der Waals surface area contributed by atoms with E-state index in [9.17, 15) is 13.2 Å². The molecule has 2 rings (SSSR count). The number of fused-ring (bicyclic) bond motifs is 1. The Bertz CT molecular complexity index is 443. The Labute approximate surface area is 110 Å². The molecule has 2 nitrogen and oxygen atoms in total. The van der Waals surface area contributed by atoms with Crippen molar-refractivity contribution in [1.82, 2.24) is 0 Å². The van der Waals surface area contributed by atoms with E-state index in [1.54, 1.807) is 12.1 Å². The number of benzene rings is 1. The maximum Gasteiger partial charge on any atom is 0.426 e. The molecule has 0 aliphatic heterocycles. The highest BCUT2D eigenvalue weighted by Gasteiger charge is 2.44. The van der Waals surface area contributed by atoms with Gasteiger partial charge in [-0.2, -0.15) is 13.2 Å². The third kappa shape index (κ3) is 3.41. The first-order valence-corrected chi connectivity index (χ1v) is 6.48. The molecule has 1 aromatic carbocycles. The lowest BCUT2D eigenvalue weighted by atomic mass is 9.92. The molecule has 1 aliphatic rings. The zero-order valence-electron chi connectivity index (χ0n) is 10.8. The second-order valence-electron chi connectivity index (χ2n) is 5.08. The van der Waals surface area contributed by atoms with Crippen molar-refractivity contribution < 1.29 is 17.9 Å². The summed E-state index contributed by atoms with van der Waals surface area (Å²) in [6.45, 7) is 1.30. The van der Waals surface area contributed by atoms with E-state index in [0.29, 0.717) is 0 Å². The Morgan fingerprint density at radius 1 is 1.16 bits per heavy atom. The number of aryl methyl sites for hydroxylation is 2. The summed E-state index contributed by atoms with van der Waals surface area (Å²) in [4.78, 5) is 0. The van der Waals surface area contributed by atoms with Crippen LogP contribution in [0.5, 0.6) is 5.75 Å². The number of ether oxygens (including phenoxy) is 1. The standard InChI is InChI=1S/C14H18F3NO/c1-9(18)13(14(15,16)17)19-12-7-6-10-4-2-3-5-11(10)8-12/h6-9,13H,2-5,18H2,1H3. The van der Waals surface area contributed by atoms with Gasteiger partial charge in [-0.15, -0.1) is 0 Å². The highest BCUT2D eigenvalue weighted by Crippen LogP contribution is 2.30. The lowest BCUT2D eigenvalue weighted by molar-refractivity contribution is -0.199. The van der Waals surface area contributed by atoms with Crippen molar-refractivity contribution in [2.45, 2.75) is 50.9 Å². The van der Waals surface area contributed by atoms with Crippen molar-refractivity contribution in [3.05, 3.63) is 29.3 Å². The number of halogens is 3. The summed E-state index contributed by atoms with van der Waals surface area (Å²) in [7, 11) is 0. The van der Waals surface area contributed by atoms with Crippen LogP contribution in [0.1, 0.15) is 30.9 Å². The molecule has 0 saturated carbocycles. The Kier molecular flexibility index (Phi) is 4.04. The van der Waals surface area contributed by atoms with Gasteiger partial charge in [-0.05, 0) is 55.9 Å². The third-order valence-electron chi connectivity index (χ3n) is 3.38. The lowest BCUT2D eigenvalue weighted by Crippen LogP contribution is -2.47. The van der Waals surface area contributed by atoms with Crippen LogP contribution in [0.3, 0.4) is 0 Å². The second kappa shape index (κ2) is 5.41. The van der Waals surface area contributed by atoms with Crippen molar-refractivity contribution in [2.24, 2.45) is 5.73 Å². The van der Waals surface area contributed by atoms with Gasteiger partial charge in [-0.3, -0.25) is 0 Å². The molecule has 106 valence electrons. The van der Waals surface area contributed by atoms with Gasteiger partial charge in [0.1, 0.15) is 5.75 Å². The summed E-state index contributed by atoms with van der Waals surface area (Å²) in [5.41, 5.74) is 7.67. The molecular weight excluding hydrogens is 255 g/mol. The van der Waals surface area contributed by atoms with Gasteiger partial charge in [0.2, 0.25) is 6.10 Å². The SMILES string of the molecule is CC(N)C(Oc1ccc2c(c1)CCCC2)C(F)(F)F. The van der Waals surface area contributed by atoms with Crippen LogP contribution in [0.2, 0.25) is 0 Å². The van der Waals surface area contributed by atoms with E-state index in [0.717, 1.165) is 31.2 Å². The van der Waals surface area contributed by atoms with Crippen LogP contribution in [-0.2, 0) is 12.8 Å². The quantitative estimate of drug-likeness (QED) is 0.917. The predicted octanol–water partition coefficient (Wildman–Crippen LogP) is 3.22. The van der Waals surface area contributed by atoms with Crippen molar-refractivity contribution in [3.63, 3.8) is 0 Å². The van der Waals surface area contributed by atoms with Crippen molar-refractivity contribution >= 4 is 0 Å². The summed E-state index contributed by atoms with van der Waals surface area (Å²) in [6, 6.07) is 4.08. The van der Waals surface area contributed by atoms with Crippen molar-refractivity contribution in [1.29, 1.82) is 0 Å². The molecule has 5 heteroatoms. The average Bonchev–Trinajstić information content (AvgIpc) is 2.34. The zero-order chi connectivity index (χ0) is 14.0. The van der Waals surface area contributed by atoms with E-state index in [-0.39, 0.29) is 5.75 Å². The monoisotopic (exact) mass is 273 g/mol. The largest absolute Gasteiger partial charge is 0.479 e. The van der Waals surface area contributed by atoms with Gasteiger partial charge in [0.15, 0.2) is 0 Å². The molecule has 19 heavy (non-hydrogen) atoms. The molecule has 0 saturated heterocycles. The maximum atomic E-state index is 12.8. The number of alkyl halides is 3. The lowest BCUT2D eigenvalue weighted by Gasteiger charge is -2.25. The minimum Gasteiger partial charge on any atom is -0.479 e. The van der Waals surface area contributed by atoms with E-state index >= 15 is 0 Å². The topological polar surface area (TPSA) is 35.2 Å². The third-order valence-corrected chi connectivity index (χ3v) is 3.38. The fourth-order valence-electron chi connectivity index (χ4n) is 2.40. The van der Waals surface area contributed by atoms with Crippen LogP contribution in [0.4, 0.5) is 13.2 Å². The van der Waals surface area contributed by atoms with E-state index < -0.39 is 18.3 Å². The molecular formula is C14H18F3NO. The van der Waals surface area contributed by atoms with Crippen molar-refractivity contribution in [3.8, 4) is 5.75 Å². The number of nitrogens with two attached hydrogens (primary N) is 1. The summed E-state index contributed by atoms with van der Waals surface area (Å²) in [5.74, 6) is 0.250. The van der Waals surface area contributed by atoms with Gasteiger partial charge in [0, 0.05) is 6.04 Å². The van der Waals surface area contributed by atoms with Gasteiger partial charge >= 0.3 is 6.18 Å². The first-order chi connectivity index (χ1) is 8.88. The summed E-state index contributed by atoms with van der Waals surface area (Å²) in [5, 5.41) is 0. The number of hydrogen-bond donors (Lipinski definition) is 1. The molecule has 0 heterocycles. The van der Waals surface area contributed by atoms with Gasteiger partial charge in [-0.1, -0.05) is 6.07 Å². The Balaban J connectivity index is 2.18.